The second-order valence-corrected chi connectivity index (χ2v) is 5.92. The molecule has 0 atom stereocenters. The summed E-state index contributed by atoms with van der Waals surface area (Å²) >= 11 is 5.89. The van der Waals surface area contributed by atoms with E-state index in [1.165, 1.54) is 0 Å². The Hall–Kier alpha value is -1.48. The predicted molar refractivity (Wildman–Crippen MR) is 80.3 cm³/mol. The van der Waals surface area contributed by atoms with E-state index in [0.717, 1.165) is 17.0 Å². The van der Waals surface area contributed by atoms with E-state index in [1.54, 1.807) is 6.20 Å². The van der Waals surface area contributed by atoms with Crippen molar-refractivity contribution in [2.45, 2.75) is 27.2 Å². The lowest BCUT2D eigenvalue weighted by Crippen LogP contribution is -2.33. The summed E-state index contributed by atoms with van der Waals surface area (Å²) in [6, 6.07) is 7.44. The number of rotatable bonds is 4. The molecule has 0 bridgehead atoms. The summed E-state index contributed by atoms with van der Waals surface area (Å²) in [5, 5.41) is 6.19. The van der Waals surface area contributed by atoms with Gasteiger partial charge in [0.15, 0.2) is 0 Å². The number of amides is 2. The van der Waals surface area contributed by atoms with Crippen LogP contribution in [0.15, 0.2) is 36.5 Å². The van der Waals surface area contributed by atoms with Gasteiger partial charge >= 0.3 is 6.03 Å². The average Bonchev–Trinajstić information content (AvgIpc) is 2.27. The first kappa shape index (κ1) is 15.6. The highest BCUT2D eigenvalue weighted by molar-refractivity contribution is 6.30. The van der Waals surface area contributed by atoms with E-state index in [0.29, 0.717) is 6.54 Å². The Morgan fingerprint density at radius 3 is 2.74 bits per heavy atom. The number of allylic oxidation sites excluding steroid dienone is 1. The molecular formula is C15H21ClN2O. The molecule has 19 heavy (non-hydrogen) atoms. The van der Waals surface area contributed by atoms with Crippen LogP contribution in [0.1, 0.15) is 26.3 Å². The largest absolute Gasteiger partial charge is 0.338 e. The van der Waals surface area contributed by atoms with Crippen LogP contribution in [-0.2, 0) is 6.42 Å². The lowest BCUT2D eigenvalue weighted by Gasteiger charge is -2.11. The molecule has 4 heteroatoms. The van der Waals surface area contributed by atoms with Crippen LogP contribution in [0.2, 0.25) is 5.02 Å². The van der Waals surface area contributed by atoms with Gasteiger partial charge in [-0.25, -0.2) is 4.79 Å². The topological polar surface area (TPSA) is 41.1 Å². The normalized spacial score (nSPS) is 11.6. The summed E-state index contributed by atoms with van der Waals surface area (Å²) < 4.78 is 0. The monoisotopic (exact) mass is 280 g/mol. The van der Waals surface area contributed by atoms with Gasteiger partial charge in [0, 0.05) is 17.8 Å². The highest BCUT2D eigenvalue weighted by atomic mass is 35.5. The molecule has 1 aromatic carbocycles. The molecule has 0 aliphatic rings. The highest BCUT2D eigenvalue weighted by Crippen LogP contribution is 2.13. The zero-order valence-electron chi connectivity index (χ0n) is 11.7. The maximum Gasteiger partial charge on any atom is 0.318 e. The maximum absolute atomic E-state index is 11.5. The Balaban J connectivity index is 2.26. The summed E-state index contributed by atoms with van der Waals surface area (Å²) in [6.45, 7) is 6.79. The highest BCUT2D eigenvalue weighted by Gasteiger charge is 2.04. The first-order valence-electron chi connectivity index (χ1n) is 6.33. The van der Waals surface area contributed by atoms with E-state index in [1.807, 2.05) is 30.3 Å². The van der Waals surface area contributed by atoms with Gasteiger partial charge in [-0.3, -0.25) is 0 Å². The molecule has 0 aliphatic heterocycles. The van der Waals surface area contributed by atoms with Crippen LogP contribution in [0.4, 0.5) is 4.79 Å². The smallest absolute Gasteiger partial charge is 0.318 e. The van der Waals surface area contributed by atoms with Gasteiger partial charge < -0.3 is 10.6 Å². The van der Waals surface area contributed by atoms with Gasteiger partial charge in [0.25, 0.3) is 0 Å². The molecule has 0 unspecified atom stereocenters. The number of benzene rings is 1. The van der Waals surface area contributed by atoms with E-state index >= 15 is 0 Å². The van der Waals surface area contributed by atoms with Crippen LogP contribution in [0.5, 0.6) is 0 Å². The van der Waals surface area contributed by atoms with Gasteiger partial charge in [-0.15, -0.1) is 0 Å². The zero-order valence-corrected chi connectivity index (χ0v) is 12.4. The van der Waals surface area contributed by atoms with Crippen molar-refractivity contribution < 1.29 is 4.79 Å². The molecule has 104 valence electrons. The van der Waals surface area contributed by atoms with Crippen LogP contribution < -0.4 is 10.6 Å². The van der Waals surface area contributed by atoms with Gasteiger partial charge in [-0.05, 0) is 29.5 Å². The van der Waals surface area contributed by atoms with E-state index < -0.39 is 0 Å². The number of carbonyl (C=O) groups is 1. The van der Waals surface area contributed by atoms with E-state index in [4.69, 9.17) is 11.6 Å². The first-order chi connectivity index (χ1) is 8.87. The van der Waals surface area contributed by atoms with Crippen molar-refractivity contribution in [3.63, 3.8) is 0 Å². The minimum Gasteiger partial charge on any atom is -0.338 e. The van der Waals surface area contributed by atoms with Crippen molar-refractivity contribution in [2.24, 2.45) is 5.41 Å². The molecule has 0 fully saturated rings. The molecule has 0 saturated carbocycles. The third-order valence-electron chi connectivity index (χ3n) is 2.39. The quantitative estimate of drug-likeness (QED) is 0.867. The van der Waals surface area contributed by atoms with Crippen molar-refractivity contribution in [3.8, 4) is 0 Å². The van der Waals surface area contributed by atoms with Gasteiger partial charge in [-0.2, -0.15) is 0 Å². The Labute approximate surface area is 120 Å². The molecule has 2 N–H and O–H groups in total. The standard InChI is InChI=1S/C15H21ClN2O/c1-15(2,3)8-10-18-14(19)17-9-7-12-5-4-6-13(16)11-12/h4-6,8,10-11H,7,9H2,1-3H3,(H2,17,18,19)/b10-8+. The summed E-state index contributed by atoms with van der Waals surface area (Å²) in [4.78, 5) is 11.5. The second-order valence-electron chi connectivity index (χ2n) is 5.48. The van der Waals surface area contributed by atoms with Gasteiger partial charge in [0.05, 0.1) is 0 Å². The number of hydrogen-bond acceptors (Lipinski definition) is 1. The number of urea groups is 1. The molecule has 2 amide bonds. The molecule has 0 radical (unpaired) electrons. The lowest BCUT2D eigenvalue weighted by molar-refractivity contribution is 0.244. The summed E-state index contributed by atoms with van der Waals surface area (Å²) in [7, 11) is 0. The molecule has 0 heterocycles. The second kappa shape index (κ2) is 7.19. The third kappa shape index (κ3) is 7.52. The molecule has 0 aliphatic carbocycles. The summed E-state index contributed by atoms with van der Waals surface area (Å²) in [5.74, 6) is 0. The van der Waals surface area contributed by atoms with Gasteiger partial charge in [-0.1, -0.05) is 50.6 Å². The van der Waals surface area contributed by atoms with Crippen LogP contribution in [0, 0.1) is 5.41 Å². The molecular weight excluding hydrogens is 260 g/mol. The van der Waals surface area contributed by atoms with Crippen molar-refractivity contribution >= 4 is 17.6 Å². The summed E-state index contributed by atoms with van der Waals surface area (Å²) in [5.41, 5.74) is 1.17. The van der Waals surface area contributed by atoms with E-state index in [2.05, 4.69) is 31.4 Å². The van der Waals surface area contributed by atoms with Crippen molar-refractivity contribution in [2.75, 3.05) is 6.54 Å². The molecule has 1 rings (SSSR count). The SMILES string of the molecule is CC(C)(C)/C=C/NC(=O)NCCc1cccc(Cl)c1. The third-order valence-corrected chi connectivity index (χ3v) is 2.62. The number of nitrogens with one attached hydrogen (secondary N) is 2. The fourth-order valence-electron chi connectivity index (χ4n) is 1.43. The Morgan fingerprint density at radius 1 is 1.37 bits per heavy atom. The van der Waals surface area contributed by atoms with Crippen molar-refractivity contribution in [1.82, 2.24) is 10.6 Å². The van der Waals surface area contributed by atoms with Crippen molar-refractivity contribution in [3.05, 3.63) is 47.1 Å². The van der Waals surface area contributed by atoms with Crippen molar-refractivity contribution in [1.29, 1.82) is 0 Å². The molecule has 1 aromatic rings. The average molecular weight is 281 g/mol. The first-order valence-corrected chi connectivity index (χ1v) is 6.71. The summed E-state index contributed by atoms with van der Waals surface area (Å²) in [6.07, 6.45) is 4.38. The molecule has 3 nitrogen and oxygen atoms in total. The minimum absolute atomic E-state index is 0.0636. The van der Waals surface area contributed by atoms with Crippen LogP contribution in [-0.4, -0.2) is 12.6 Å². The van der Waals surface area contributed by atoms with Gasteiger partial charge in [0.1, 0.15) is 0 Å². The molecule has 0 spiro atoms. The predicted octanol–water partition coefficient (Wildman–Crippen LogP) is 3.74. The van der Waals surface area contributed by atoms with E-state index in [9.17, 15) is 4.79 Å². The molecule has 0 saturated heterocycles. The molecule has 0 aromatic heterocycles. The lowest BCUT2D eigenvalue weighted by atomic mass is 9.97. The zero-order chi connectivity index (χ0) is 14.3. The fourth-order valence-corrected chi connectivity index (χ4v) is 1.64. The Bertz CT molecular complexity index is 450. The van der Waals surface area contributed by atoms with Crippen LogP contribution in [0.25, 0.3) is 0 Å². The fraction of sp³-hybridized carbons (Fsp3) is 0.400. The number of carbonyl (C=O) groups excluding carboxylic acids is 1. The van der Waals surface area contributed by atoms with Crippen LogP contribution >= 0.6 is 11.6 Å². The Morgan fingerprint density at radius 2 is 2.11 bits per heavy atom. The van der Waals surface area contributed by atoms with E-state index in [-0.39, 0.29) is 11.4 Å². The van der Waals surface area contributed by atoms with Gasteiger partial charge in [0.2, 0.25) is 0 Å². The Kier molecular flexibility index (Phi) is 5.90. The number of hydrogen-bond donors (Lipinski definition) is 2. The number of halogens is 1. The van der Waals surface area contributed by atoms with Crippen LogP contribution in [0.3, 0.4) is 0 Å². The minimum atomic E-state index is -0.192. The maximum atomic E-state index is 11.5.